The van der Waals surface area contributed by atoms with E-state index in [1.165, 1.54) is 6.07 Å². The summed E-state index contributed by atoms with van der Waals surface area (Å²) in [5.74, 6) is -0.0129. The minimum Gasteiger partial charge on any atom is -0.491 e. The number of hydrogen-bond acceptors (Lipinski definition) is 5. The topological polar surface area (TPSA) is 73.6 Å². The van der Waals surface area contributed by atoms with Gasteiger partial charge in [-0.25, -0.2) is 9.37 Å². The van der Waals surface area contributed by atoms with Crippen molar-refractivity contribution < 1.29 is 9.13 Å². The highest BCUT2D eigenvalue weighted by Crippen LogP contribution is 2.42. The van der Waals surface area contributed by atoms with Crippen LogP contribution in [0.25, 0.3) is 22.3 Å². The van der Waals surface area contributed by atoms with Gasteiger partial charge in [0.05, 0.1) is 29.0 Å². The lowest BCUT2D eigenvalue weighted by Crippen LogP contribution is -2.29. The molecule has 0 saturated carbocycles. The van der Waals surface area contributed by atoms with Crippen LogP contribution in [0.3, 0.4) is 0 Å². The van der Waals surface area contributed by atoms with Gasteiger partial charge in [-0.05, 0) is 48.9 Å². The molecule has 0 radical (unpaired) electrons. The quantitative estimate of drug-likeness (QED) is 0.446. The standard InChI is InChI=1S/C23H18FN3O3/c1-10-12-4-3-5-13-15-8-27-19(22(15)25-18(20(12)13)7-17(10)24)6-14-16(23(27)28)9-30-11(2)21(14)26-29/h6-7,21H,2-5,8-9H2,1H3/t21-/m1/s1. The van der Waals surface area contributed by atoms with E-state index in [-0.39, 0.29) is 23.7 Å². The molecule has 0 saturated heterocycles. The zero-order chi connectivity index (χ0) is 20.7. The highest BCUT2D eigenvalue weighted by Gasteiger charge is 2.34. The van der Waals surface area contributed by atoms with Crippen molar-refractivity contribution >= 4 is 10.9 Å². The van der Waals surface area contributed by atoms with Crippen LogP contribution in [-0.4, -0.2) is 9.55 Å². The van der Waals surface area contributed by atoms with Gasteiger partial charge in [0.2, 0.25) is 0 Å². The van der Waals surface area contributed by atoms with Gasteiger partial charge in [0, 0.05) is 22.6 Å². The first-order valence-corrected chi connectivity index (χ1v) is 10.0. The molecule has 1 aliphatic carbocycles. The summed E-state index contributed by atoms with van der Waals surface area (Å²) in [5, 5.41) is 4.16. The van der Waals surface area contributed by atoms with Crippen molar-refractivity contribution in [3.63, 3.8) is 0 Å². The molecule has 0 bridgehead atoms. The van der Waals surface area contributed by atoms with Crippen LogP contribution in [0, 0.1) is 17.6 Å². The fourth-order valence-electron chi connectivity index (χ4n) is 5.25. The number of nitrogens with zero attached hydrogens (tertiary/aromatic N) is 3. The lowest BCUT2D eigenvalue weighted by molar-refractivity contribution is 0.165. The molecular weight excluding hydrogens is 385 g/mol. The molecule has 1 atom stereocenters. The second-order valence-electron chi connectivity index (χ2n) is 8.24. The summed E-state index contributed by atoms with van der Waals surface area (Å²) in [6, 6.07) is 2.39. The summed E-state index contributed by atoms with van der Waals surface area (Å²) in [5.41, 5.74) is 6.60. The van der Waals surface area contributed by atoms with E-state index in [0.717, 1.165) is 41.3 Å². The van der Waals surface area contributed by atoms with Gasteiger partial charge in [-0.15, -0.1) is 4.91 Å². The number of ether oxygens (including phenoxy) is 1. The number of pyridine rings is 2. The molecule has 150 valence electrons. The molecule has 3 aliphatic rings. The molecule has 0 fully saturated rings. The van der Waals surface area contributed by atoms with Crippen molar-refractivity contribution in [1.82, 2.24) is 9.55 Å². The molecular formula is C23H18FN3O3. The summed E-state index contributed by atoms with van der Waals surface area (Å²) in [6.07, 6.45) is 2.65. The summed E-state index contributed by atoms with van der Waals surface area (Å²) in [6.45, 7) is 6.07. The zero-order valence-corrected chi connectivity index (χ0v) is 16.4. The Kier molecular flexibility index (Phi) is 3.41. The second-order valence-corrected chi connectivity index (χ2v) is 8.24. The fourth-order valence-corrected chi connectivity index (χ4v) is 5.25. The van der Waals surface area contributed by atoms with Crippen LogP contribution in [0.1, 0.15) is 45.8 Å². The van der Waals surface area contributed by atoms with Crippen molar-refractivity contribution in [3.05, 3.63) is 78.9 Å². The molecule has 2 aliphatic heterocycles. The second kappa shape index (κ2) is 5.84. The van der Waals surface area contributed by atoms with Crippen LogP contribution < -0.4 is 5.56 Å². The van der Waals surface area contributed by atoms with Gasteiger partial charge < -0.3 is 9.30 Å². The molecule has 0 amide bonds. The lowest BCUT2D eigenvalue weighted by Gasteiger charge is -2.24. The average molecular weight is 403 g/mol. The van der Waals surface area contributed by atoms with Gasteiger partial charge in [0.15, 0.2) is 6.04 Å². The van der Waals surface area contributed by atoms with Gasteiger partial charge in [0.1, 0.15) is 18.2 Å². The van der Waals surface area contributed by atoms with Crippen LogP contribution in [-0.2, 0) is 30.7 Å². The molecule has 1 aromatic carbocycles. The number of benzene rings is 1. The van der Waals surface area contributed by atoms with E-state index < -0.39 is 6.04 Å². The molecule has 6 rings (SSSR count). The Bertz CT molecular complexity index is 1390. The molecule has 3 aromatic rings. The van der Waals surface area contributed by atoms with E-state index in [2.05, 4.69) is 11.8 Å². The third kappa shape index (κ3) is 2.07. The van der Waals surface area contributed by atoms with Crippen LogP contribution in [0.2, 0.25) is 0 Å². The maximum Gasteiger partial charge on any atom is 0.258 e. The summed E-state index contributed by atoms with van der Waals surface area (Å²) in [7, 11) is 0. The Labute approximate surface area is 171 Å². The summed E-state index contributed by atoms with van der Waals surface area (Å²) < 4.78 is 21.7. The first kappa shape index (κ1) is 17.5. The van der Waals surface area contributed by atoms with Crippen LogP contribution in [0.5, 0.6) is 0 Å². The van der Waals surface area contributed by atoms with E-state index in [1.54, 1.807) is 4.57 Å². The van der Waals surface area contributed by atoms with Gasteiger partial charge in [-0.1, -0.05) is 11.8 Å². The van der Waals surface area contributed by atoms with Gasteiger partial charge in [-0.3, -0.25) is 4.79 Å². The fraction of sp³-hybridized carbons (Fsp3) is 0.304. The third-order valence-corrected chi connectivity index (χ3v) is 6.77. The third-order valence-electron chi connectivity index (χ3n) is 6.77. The number of aromatic nitrogens is 2. The highest BCUT2D eigenvalue weighted by atomic mass is 19.1. The number of aryl methyl sites for hydroxylation is 2. The van der Waals surface area contributed by atoms with Crippen molar-refractivity contribution in [1.29, 1.82) is 0 Å². The Morgan fingerprint density at radius 2 is 2.03 bits per heavy atom. The minimum atomic E-state index is -0.915. The first-order chi connectivity index (χ1) is 14.5. The van der Waals surface area contributed by atoms with E-state index in [1.807, 2.05) is 13.0 Å². The monoisotopic (exact) mass is 403 g/mol. The maximum atomic E-state index is 14.6. The zero-order valence-electron chi connectivity index (χ0n) is 16.4. The van der Waals surface area contributed by atoms with Crippen LogP contribution >= 0.6 is 0 Å². The van der Waals surface area contributed by atoms with Gasteiger partial charge in [0.25, 0.3) is 5.56 Å². The molecule has 7 heteroatoms. The highest BCUT2D eigenvalue weighted by molar-refractivity contribution is 5.92. The van der Waals surface area contributed by atoms with Gasteiger partial charge >= 0.3 is 0 Å². The predicted molar refractivity (Wildman–Crippen MR) is 110 cm³/mol. The average Bonchev–Trinajstić information content (AvgIpc) is 3.11. The predicted octanol–water partition coefficient (Wildman–Crippen LogP) is 4.21. The number of fused-ring (bicyclic) bond motifs is 5. The minimum absolute atomic E-state index is 0.0759. The number of hydrogen-bond donors (Lipinski definition) is 0. The molecule has 4 heterocycles. The SMILES string of the molecule is C=C1OCc2c(cc3n(c2=O)Cc2c-3nc3cc(F)c(C)c4c3c2CCC4)[C@@H]1N=O. The number of rotatable bonds is 1. The number of nitroso groups, excluding NO2 is 1. The molecule has 0 N–H and O–H groups in total. The Hall–Kier alpha value is -3.35. The van der Waals surface area contributed by atoms with Crippen molar-refractivity contribution in [2.75, 3.05) is 0 Å². The van der Waals surface area contributed by atoms with E-state index in [9.17, 15) is 14.1 Å². The molecule has 2 aromatic heterocycles. The molecule has 0 spiro atoms. The van der Waals surface area contributed by atoms with Crippen molar-refractivity contribution in [3.8, 4) is 11.4 Å². The smallest absolute Gasteiger partial charge is 0.258 e. The Morgan fingerprint density at radius 3 is 2.83 bits per heavy atom. The van der Waals surface area contributed by atoms with Crippen molar-refractivity contribution in [2.45, 2.75) is 45.4 Å². The van der Waals surface area contributed by atoms with Crippen molar-refractivity contribution in [2.24, 2.45) is 5.18 Å². The molecule has 0 unspecified atom stereocenters. The molecule has 6 nitrogen and oxygen atoms in total. The molecule has 30 heavy (non-hydrogen) atoms. The van der Waals surface area contributed by atoms with E-state index >= 15 is 0 Å². The van der Waals surface area contributed by atoms with Gasteiger partial charge in [-0.2, -0.15) is 0 Å². The Balaban J connectivity index is 1.68. The lowest BCUT2D eigenvalue weighted by atomic mass is 9.85. The normalized spacial score (nSPS) is 18.6. The van der Waals surface area contributed by atoms with Crippen LogP contribution in [0.15, 0.2) is 34.4 Å². The number of halogens is 1. The van der Waals surface area contributed by atoms with E-state index in [0.29, 0.717) is 40.1 Å². The van der Waals surface area contributed by atoms with Crippen LogP contribution in [0.4, 0.5) is 4.39 Å². The van der Waals surface area contributed by atoms with E-state index in [4.69, 9.17) is 9.72 Å². The summed E-state index contributed by atoms with van der Waals surface area (Å²) >= 11 is 0. The largest absolute Gasteiger partial charge is 0.491 e. The maximum absolute atomic E-state index is 14.6. The Morgan fingerprint density at radius 1 is 1.23 bits per heavy atom. The summed E-state index contributed by atoms with van der Waals surface area (Å²) in [4.78, 5) is 29.5. The first-order valence-electron chi connectivity index (χ1n) is 10.0.